The van der Waals surface area contributed by atoms with Gasteiger partial charge in [0.2, 0.25) is 5.79 Å². The molecule has 15 atom stereocenters. The average Bonchev–Trinajstić information content (AvgIpc) is 3.28. The number of cyclic esters (lactones) is 1. The van der Waals surface area contributed by atoms with E-state index in [1.54, 1.807) is 41.1 Å². The van der Waals surface area contributed by atoms with Gasteiger partial charge in [-0.25, -0.2) is 4.79 Å². The summed E-state index contributed by atoms with van der Waals surface area (Å²) in [6.07, 6.45) is 11.2. The van der Waals surface area contributed by atoms with Crippen molar-refractivity contribution in [3.8, 4) is 0 Å². The van der Waals surface area contributed by atoms with Gasteiger partial charge < -0.3 is 43.9 Å². The van der Waals surface area contributed by atoms with Crippen molar-refractivity contribution in [1.82, 2.24) is 4.90 Å². The van der Waals surface area contributed by atoms with E-state index in [2.05, 4.69) is 0 Å². The maximum atomic E-state index is 14.4. The molecule has 1 amide bonds. The van der Waals surface area contributed by atoms with Crippen molar-refractivity contribution in [3.63, 3.8) is 0 Å². The molecule has 2 bridgehead atoms. The molecule has 1 saturated carbocycles. The number of carbonyl (C=O) groups excluding carboxylic acids is 5. The summed E-state index contributed by atoms with van der Waals surface area (Å²) in [6.45, 7) is 12.7. The van der Waals surface area contributed by atoms with Gasteiger partial charge in [-0.15, -0.1) is 0 Å². The number of methoxy groups -OCH3 is 3. The van der Waals surface area contributed by atoms with Gasteiger partial charge in [-0.05, 0) is 107 Å². The number of aliphatic hydroxyl groups is 3. The number of ether oxygens (including phenoxy) is 5. The molecule has 0 aromatic carbocycles. The highest BCUT2D eigenvalue weighted by Crippen LogP contribution is 2.38. The summed E-state index contributed by atoms with van der Waals surface area (Å²) in [5, 5.41) is 33.8. The maximum absolute atomic E-state index is 14.4. The molecule has 14 nitrogen and oxygen atoms in total. The van der Waals surface area contributed by atoms with E-state index in [1.165, 1.54) is 12.0 Å². The van der Waals surface area contributed by atoms with Crippen molar-refractivity contribution in [1.29, 1.82) is 0 Å². The van der Waals surface area contributed by atoms with Gasteiger partial charge in [-0.1, -0.05) is 71.1 Å². The zero-order valence-electron chi connectivity index (χ0n) is 40.6. The zero-order chi connectivity index (χ0) is 48.2. The minimum atomic E-state index is -2.43. The summed E-state index contributed by atoms with van der Waals surface area (Å²) in [6, 6.07) is -1.14. The molecule has 3 heterocycles. The number of aliphatic hydroxyl groups excluding tert-OH is 2. The van der Waals surface area contributed by atoms with Crippen molar-refractivity contribution < 1.29 is 63.0 Å². The van der Waals surface area contributed by atoms with Crippen molar-refractivity contribution in [2.24, 2.45) is 35.5 Å². The van der Waals surface area contributed by atoms with Gasteiger partial charge in [0.15, 0.2) is 5.78 Å². The first-order chi connectivity index (χ1) is 30.7. The Hall–Kier alpha value is -3.37. The Bertz CT molecular complexity index is 1760. The van der Waals surface area contributed by atoms with Gasteiger partial charge in [-0.3, -0.25) is 19.2 Å². The fourth-order valence-electron chi connectivity index (χ4n) is 10.1. The normalized spacial score (nSPS) is 40.4. The summed E-state index contributed by atoms with van der Waals surface area (Å²) >= 11 is 0. The predicted octanol–water partition coefficient (Wildman–Crippen LogP) is 6.18. The van der Waals surface area contributed by atoms with Crippen LogP contribution < -0.4 is 0 Å². The third kappa shape index (κ3) is 14.3. The van der Waals surface area contributed by atoms with Gasteiger partial charge in [0.1, 0.15) is 30.1 Å². The summed E-state index contributed by atoms with van der Waals surface area (Å²) in [4.78, 5) is 71.8. The number of hydrogen-bond acceptors (Lipinski definition) is 13. The van der Waals surface area contributed by atoms with Gasteiger partial charge in [0, 0.05) is 58.5 Å². The maximum Gasteiger partial charge on any atom is 0.329 e. The standard InChI is InChI=1S/C51H79NO13/c1-30-16-12-11-13-17-31(2)42(61-8)28-38-21-19-36(7)51(60,65-38)48(57)49(58)52-23-15-14-18-39(52)50(59)64-43(33(4)26-37-20-22-40(53)44(27-37)62-9)29-41(54)32(3)25-35(6)46(56)47(63-10)45(55)34(5)24-30/h11-13,16-17,25,30,32-34,36-40,42-44,46-47,53,56,60H,14-15,18-24,26-29H2,1-10H3/b13-11+,16-12+,31-17+,35-25+/t30-,32-,33-,34-,36-,37?,38+,39+,40-,42+,43?,44-,46-,47+,51-/m1/s1. The minimum Gasteiger partial charge on any atom is -0.460 e. The number of esters is 1. The molecule has 0 spiro atoms. The smallest absolute Gasteiger partial charge is 0.329 e. The molecule has 0 radical (unpaired) electrons. The van der Waals surface area contributed by atoms with Gasteiger partial charge in [-0.2, -0.15) is 0 Å². The molecule has 3 fully saturated rings. The zero-order valence-corrected chi connectivity index (χ0v) is 40.6. The SMILES string of the molecule is CO[C@H]1C[C@@H]2CC[C@@H](C)[C@@](O)(O2)C(=O)C(=O)N2CCCC[C@H]2C(=O)OC([C@H](C)CC2CC[C@@H](O)[C@H](OC)C2)CC(=O)[C@H](C)/C=C(\C)[C@@H](O)[C@@H](OC)C(=O)[C@H](C)C[C@H](C)/C=C/C=C/C=C/1C. The number of fused-ring (bicyclic) bond motifs is 3. The summed E-state index contributed by atoms with van der Waals surface area (Å²) in [7, 11) is 4.52. The van der Waals surface area contributed by atoms with Crippen LogP contribution in [0.5, 0.6) is 0 Å². The van der Waals surface area contributed by atoms with Crippen LogP contribution in [0.2, 0.25) is 0 Å². The van der Waals surface area contributed by atoms with Crippen molar-refractivity contribution in [2.75, 3.05) is 27.9 Å². The third-order valence-electron chi connectivity index (χ3n) is 14.5. The van der Waals surface area contributed by atoms with Gasteiger partial charge in [0.25, 0.3) is 11.7 Å². The molecule has 3 N–H and O–H groups in total. The van der Waals surface area contributed by atoms with Crippen LogP contribution in [0.15, 0.2) is 47.6 Å². The Labute approximate surface area is 387 Å². The lowest BCUT2D eigenvalue weighted by molar-refractivity contribution is -0.265. The fourth-order valence-corrected chi connectivity index (χ4v) is 10.1. The van der Waals surface area contributed by atoms with E-state index in [0.717, 1.165) is 12.0 Å². The topological polar surface area (TPSA) is 195 Å². The Morgan fingerprint density at radius 2 is 1.57 bits per heavy atom. The Morgan fingerprint density at radius 3 is 2.25 bits per heavy atom. The van der Waals surface area contributed by atoms with Crippen molar-refractivity contribution in [2.45, 2.75) is 180 Å². The number of nitrogens with zero attached hydrogens (tertiary/aromatic N) is 1. The van der Waals surface area contributed by atoms with Crippen LogP contribution in [0.4, 0.5) is 0 Å². The number of piperidine rings is 1. The van der Waals surface area contributed by atoms with Crippen molar-refractivity contribution >= 4 is 29.2 Å². The average molecular weight is 914 g/mol. The lowest BCUT2D eigenvalue weighted by Crippen LogP contribution is -2.61. The number of Topliss-reactive ketones (excluding diaryl/α,β-unsaturated/α-hetero) is 3. The molecule has 2 saturated heterocycles. The van der Waals surface area contributed by atoms with Crippen LogP contribution in [0.1, 0.15) is 126 Å². The molecule has 0 aromatic heterocycles. The summed E-state index contributed by atoms with van der Waals surface area (Å²) in [5.74, 6) is -7.96. The first kappa shape index (κ1) is 54.2. The predicted molar refractivity (Wildman–Crippen MR) is 245 cm³/mol. The molecular weight excluding hydrogens is 835 g/mol. The molecule has 65 heavy (non-hydrogen) atoms. The molecule has 1 aliphatic carbocycles. The molecule has 4 aliphatic rings. The van der Waals surface area contributed by atoms with Crippen LogP contribution >= 0.6 is 0 Å². The number of amides is 1. The number of carbonyl (C=O) groups is 5. The quantitative estimate of drug-likeness (QED) is 0.156. The van der Waals surface area contributed by atoms with Gasteiger partial charge >= 0.3 is 5.97 Å². The molecule has 366 valence electrons. The fraction of sp³-hybridized carbons (Fsp3) is 0.745. The summed E-state index contributed by atoms with van der Waals surface area (Å²) in [5.41, 5.74) is 1.27. The number of ketones is 3. The highest BCUT2D eigenvalue weighted by atomic mass is 16.6. The summed E-state index contributed by atoms with van der Waals surface area (Å²) < 4.78 is 29.4. The second-order valence-corrected chi connectivity index (χ2v) is 19.6. The molecular formula is C51H79NO13. The highest BCUT2D eigenvalue weighted by Gasteiger charge is 2.53. The van der Waals surface area contributed by atoms with E-state index in [-0.39, 0.29) is 54.8 Å². The highest BCUT2D eigenvalue weighted by molar-refractivity contribution is 6.39. The monoisotopic (exact) mass is 914 g/mol. The van der Waals surface area contributed by atoms with Crippen LogP contribution in [0, 0.1) is 35.5 Å². The third-order valence-corrected chi connectivity index (χ3v) is 14.5. The lowest BCUT2D eigenvalue weighted by atomic mass is 9.78. The van der Waals surface area contributed by atoms with E-state index >= 15 is 0 Å². The largest absolute Gasteiger partial charge is 0.460 e. The Balaban J connectivity index is 1.70. The van der Waals surface area contributed by atoms with E-state index < -0.39 is 83.9 Å². The first-order valence-electron chi connectivity index (χ1n) is 23.9. The molecule has 0 aromatic rings. The van der Waals surface area contributed by atoms with E-state index in [0.29, 0.717) is 63.4 Å². The lowest BCUT2D eigenvalue weighted by Gasteiger charge is -2.42. The second-order valence-electron chi connectivity index (χ2n) is 19.6. The Kier molecular flexibility index (Phi) is 21.0. The van der Waals surface area contributed by atoms with Crippen LogP contribution in [-0.2, 0) is 47.7 Å². The molecule has 3 aliphatic heterocycles. The molecule has 4 rings (SSSR count). The minimum absolute atomic E-state index is 0.0193. The van der Waals surface area contributed by atoms with Crippen LogP contribution in [-0.4, -0.2) is 132 Å². The van der Waals surface area contributed by atoms with Crippen LogP contribution in [0.3, 0.4) is 0 Å². The molecule has 2 unspecified atom stereocenters. The second kappa shape index (κ2) is 25.1. The Morgan fingerprint density at radius 1 is 0.846 bits per heavy atom. The van der Waals surface area contributed by atoms with E-state index in [9.17, 15) is 39.3 Å². The van der Waals surface area contributed by atoms with E-state index in [1.807, 2.05) is 58.1 Å². The number of rotatable bonds is 6. The number of allylic oxidation sites excluding steroid dienone is 6. The van der Waals surface area contributed by atoms with E-state index in [4.69, 9.17) is 23.7 Å². The van der Waals surface area contributed by atoms with Crippen molar-refractivity contribution in [3.05, 3.63) is 47.6 Å². The first-order valence-corrected chi connectivity index (χ1v) is 23.9. The van der Waals surface area contributed by atoms with Crippen LogP contribution in [0.25, 0.3) is 0 Å². The molecule has 14 heteroatoms. The number of hydrogen-bond donors (Lipinski definition) is 3. The van der Waals surface area contributed by atoms with Gasteiger partial charge in [0.05, 0.1) is 24.4 Å².